The van der Waals surface area contributed by atoms with Gasteiger partial charge in [-0.2, -0.15) is 4.98 Å². The lowest BCUT2D eigenvalue weighted by Crippen LogP contribution is -2.05. The van der Waals surface area contributed by atoms with Crippen molar-refractivity contribution in [2.45, 2.75) is 13.8 Å². The van der Waals surface area contributed by atoms with Gasteiger partial charge in [-0.05, 0) is 24.3 Å². The maximum absolute atomic E-state index is 14.2. The van der Waals surface area contributed by atoms with E-state index in [1.54, 1.807) is 48.5 Å². The van der Waals surface area contributed by atoms with E-state index in [1.165, 1.54) is 13.8 Å². The molecule has 0 radical (unpaired) electrons. The number of halogens is 1. The van der Waals surface area contributed by atoms with Crippen LogP contribution in [0.25, 0.3) is 0 Å². The highest BCUT2D eigenvalue weighted by atomic mass is 19.1. The summed E-state index contributed by atoms with van der Waals surface area (Å²) in [6, 6.07) is 13.1. The van der Waals surface area contributed by atoms with E-state index >= 15 is 0 Å². The first-order valence-corrected chi connectivity index (χ1v) is 8.52. The number of hydrogen-bond donors (Lipinski definition) is 2. The normalized spacial score (nSPS) is 10.2. The Morgan fingerprint density at radius 3 is 2.00 bits per heavy atom. The van der Waals surface area contributed by atoms with Crippen LogP contribution in [0.2, 0.25) is 0 Å². The van der Waals surface area contributed by atoms with E-state index in [1.807, 2.05) is 0 Å². The summed E-state index contributed by atoms with van der Waals surface area (Å²) in [6.45, 7) is 2.59. The number of esters is 2. The van der Waals surface area contributed by atoms with Crippen LogP contribution in [0.1, 0.15) is 13.8 Å². The summed E-state index contributed by atoms with van der Waals surface area (Å²) in [5, 5.41) is 5.74. The Balaban J connectivity index is 1.78. The van der Waals surface area contributed by atoms with Crippen LogP contribution in [0.15, 0.2) is 54.7 Å². The van der Waals surface area contributed by atoms with Crippen LogP contribution in [-0.4, -0.2) is 21.9 Å². The van der Waals surface area contributed by atoms with Gasteiger partial charge in [0.15, 0.2) is 11.6 Å². The van der Waals surface area contributed by atoms with Crippen LogP contribution in [-0.2, 0) is 9.59 Å². The molecule has 0 fully saturated rings. The summed E-state index contributed by atoms with van der Waals surface area (Å²) < 4.78 is 24.2. The van der Waals surface area contributed by atoms with Gasteiger partial charge in [-0.3, -0.25) is 9.59 Å². The van der Waals surface area contributed by atoms with Crippen molar-refractivity contribution in [3.63, 3.8) is 0 Å². The zero-order valence-corrected chi connectivity index (χ0v) is 15.6. The molecule has 0 bridgehead atoms. The Labute approximate surface area is 165 Å². The minimum absolute atomic E-state index is 0.0707. The molecule has 0 unspecified atom stereocenters. The number of aromatic nitrogens is 2. The lowest BCUT2D eigenvalue weighted by atomic mass is 10.3. The van der Waals surface area contributed by atoms with Crippen molar-refractivity contribution in [2.75, 3.05) is 10.6 Å². The van der Waals surface area contributed by atoms with Gasteiger partial charge < -0.3 is 20.1 Å². The number of anilines is 4. The molecule has 2 aromatic carbocycles. The van der Waals surface area contributed by atoms with Crippen molar-refractivity contribution in [1.82, 2.24) is 9.97 Å². The average Bonchev–Trinajstić information content (AvgIpc) is 2.64. The van der Waals surface area contributed by atoms with Gasteiger partial charge in [0.1, 0.15) is 11.5 Å². The second kappa shape index (κ2) is 8.79. The molecule has 148 valence electrons. The molecule has 0 aliphatic heterocycles. The molecule has 3 aromatic rings. The summed E-state index contributed by atoms with van der Waals surface area (Å²) in [6.07, 6.45) is 1.02. The number of carbonyl (C=O) groups excluding carboxylic acids is 2. The van der Waals surface area contributed by atoms with Gasteiger partial charge >= 0.3 is 11.9 Å². The topological polar surface area (TPSA) is 102 Å². The van der Waals surface area contributed by atoms with Crippen LogP contribution in [0.3, 0.4) is 0 Å². The van der Waals surface area contributed by atoms with Gasteiger partial charge in [-0.25, -0.2) is 9.37 Å². The second-order valence-corrected chi connectivity index (χ2v) is 5.88. The minimum Gasteiger partial charge on any atom is -0.427 e. The molecule has 3 rings (SSSR count). The van der Waals surface area contributed by atoms with Gasteiger partial charge in [0.25, 0.3) is 0 Å². The molecular formula is C20H17FN4O4. The van der Waals surface area contributed by atoms with E-state index in [9.17, 15) is 14.0 Å². The summed E-state index contributed by atoms with van der Waals surface area (Å²) in [7, 11) is 0. The van der Waals surface area contributed by atoms with Gasteiger partial charge in [-0.1, -0.05) is 12.1 Å². The molecule has 0 aliphatic rings. The summed E-state index contributed by atoms with van der Waals surface area (Å²) in [5.41, 5.74) is 1.03. The van der Waals surface area contributed by atoms with Crippen LogP contribution < -0.4 is 20.1 Å². The van der Waals surface area contributed by atoms with E-state index in [4.69, 9.17) is 9.47 Å². The van der Waals surface area contributed by atoms with Gasteiger partial charge in [-0.15, -0.1) is 0 Å². The first-order chi connectivity index (χ1) is 13.9. The molecule has 0 amide bonds. The van der Waals surface area contributed by atoms with Crippen LogP contribution in [0, 0.1) is 5.82 Å². The fraction of sp³-hybridized carbons (Fsp3) is 0.100. The Bertz CT molecular complexity index is 1060. The third-order valence-corrected chi connectivity index (χ3v) is 3.45. The highest BCUT2D eigenvalue weighted by Gasteiger charge is 2.09. The lowest BCUT2D eigenvalue weighted by Gasteiger charge is -2.11. The molecule has 0 saturated carbocycles. The SMILES string of the molecule is CC(=O)Oc1cccc(Nc2ncc(F)c(Nc3cccc(OC(C)=O)c3)n2)c1. The van der Waals surface area contributed by atoms with Gasteiger partial charge in [0.2, 0.25) is 5.95 Å². The van der Waals surface area contributed by atoms with E-state index in [2.05, 4.69) is 20.6 Å². The van der Waals surface area contributed by atoms with E-state index in [0.29, 0.717) is 22.9 Å². The molecule has 2 N–H and O–H groups in total. The lowest BCUT2D eigenvalue weighted by molar-refractivity contribution is -0.132. The van der Waals surface area contributed by atoms with Crippen molar-refractivity contribution >= 4 is 35.1 Å². The Hall–Kier alpha value is -4.01. The molecule has 1 aromatic heterocycles. The first-order valence-electron chi connectivity index (χ1n) is 8.52. The minimum atomic E-state index is -0.665. The highest BCUT2D eigenvalue weighted by Crippen LogP contribution is 2.24. The molecule has 0 aliphatic carbocycles. The maximum Gasteiger partial charge on any atom is 0.308 e. The average molecular weight is 396 g/mol. The highest BCUT2D eigenvalue weighted by molar-refractivity contribution is 5.71. The summed E-state index contributed by atoms with van der Waals surface area (Å²) in [4.78, 5) is 30.2. The Kier molecular flexibility index (Phi) is 5.98. The molecule has 0 spiro atoms. The molecule has 0 atom stereocenters. The summed E-state index contributed by atoms with van der Waals surface area (Å²) >= 11 is 0. The zero-order chi connectivity index (χ0) is 20.8. The van der Waals surface area contributed by atoms with Gasteiger partial charge in [0, 0.05) is 37.4 Å². The quantitative estimate of drug-likeness (QED) is 0.477. The zero-order valence-electron chi connectivity index (χ0n) is 15.6. The number of hydrogen-bond acceptors (Lipinski definition) is 8. The second-order valence-electron chi connectivity index (χ2n) is 5.88. The largest absolute Gasteiger partial charge is 0.427 e. The monoisotopic (exact) mass is 396 g/mol. The number of carbonyl (C=O) groups is 2. The number of benzene rings is 2. The van der Waals surface area contributed by atoms with E-state index in [-0.39, 0.29) is 11.8 Å². The number of nitrogens with zero attached hydrogens (tertiary/aromatic N) is 2. The predicted octanol–water partition coefficient (Wildman–Crippen LogP) is 3.95. The maximum atomic E-state index is 14.2. The van der Waals surface area contributed by atoms with E-state index in [0.717, 1.165) is 6.20 Å². The predicted molar refractivity (Wildman–Crippen MR) is 104 cm³/mol. The smallest absolute Gasteiger partial charge is 0.308 e. The molecule has 9 heteroatoms. The molecule has 8 nitrogen and oxygen atoms in total. The molecular weight excluding hydrogens is 379 g/mol. The van der Waals surface area contributed by atoms with Crippen LogP contribution in [0.5, 0.6) is 11.5 Å². The van der Waals surface area contributed by atoms with Crippen LogP contribution in [0.4, 0.5) is 27.5 Å². The fourth-order valence-electron chi connectivity index (χ4n) is 2.39. The molecule has 29 heavy (non-hydrogen) atoms. The van der Waals surface area contributed by atoms with E-state index < -0.39 is 17.8 Å². The van der Waals surface area contributed by atoms with Gasteiger partial charge in [0.05, 0.1) is 6.20 Å². The van der Waals surface area contributed by atoms with Crippen LogP contribution >= 0.6 is 0 Å². The third-order valence-electron chi connectivity index (χ3n) is 3.45. The van der Waals surface area contributed by atoms with Crippen molar-refractivity contribution in [1.29, 1.82) is 0 Å². The standard InChI is InChI=1S/C20H17FN4O4/c1-12(26)28-16-7-3-5-14(9-16)23-19-18(21)11-22-20(25-19)24-15-6-4-8-17(10-15)29-13(2)27/h3-11H,1-2H3,(H2,22,23,24,25). The number of nitrogens with one attached hydrogen (secondary N) is 2. The van der Waals surface area contributed by atoms with Crippen molar-refractivity contribution < 1.29 is 23.5 Å². The fourth-order valence-corrected chi connectivity index (χ4v) is 2.39. The number of ether oxygens (including phenoxy) is 2. The molecule has 1 heterocycles. The van der Waals surface area contributed by atoms with Crippen molar-refractivity contribution in [3.8, 4) is 11.5 Å². The van der Waals surface area contributed by atoms with Crippen molar-refractivity contribution in [2.24, 2.45) is 0 Å². The van der Waals surface area contributed by atoms with Crippen molar-refractivity contribution in [3.05, 3.63) is 60.5 Å². The Morgan fingerprint density at radius 2 is 1.45 bits per heavy atom. The first kappa shape index (κ1) is 19.7. The third kappa shape index (κ3) is 5.73. The summed E-state index contributed by atoms with van der Waals surface area (Å²) in [5.74, 6) is -0.839. The number of rotatable bonds is 6. The molecule has 0 saturated heterocycles. The Morgan fingerprint density at radius 1 is 0.897 bits per heavy atom.